The Bertz CT molecular complexity index is 545. The average molecular weight is 337 g/mol. The highest BCUT2D eigenvalue weighted by Crippen LogP contribution is 2.29. The first-order valence-electron chi connectivity index (χ1n) is 6.08. The van der Waals surface area contributed by atoms with E-state index in [1.54, 1.807) is 11.8 Å². The molecule has 0 radical (unpaired) electrons. The van der Waals surface area contributed by atoms with Crippen LogP contribution in [0.3, 0.4) is 0 Å². The SMILES string of the molecule is CSc1ccccc1C(Cc1ccccc1Br)NN. The summed E-state index contributed by atoms with van der Waals surface area (Å²) < 4.78 is 1.12. The highest BCUT2D eigenvalue weighted by molar-refractivity contribution is 9.10. The summed E-state index contributed by atoms with van der Waals surface area (Å²) in [5.74, 6) is 5.75. The fraction of sp³-hybridized carbons (Fsp3) is 0.200. The van der Waals surface area contributed by atoms with Crippen molar-refractivity contribution in [3.05, 3.63) is 64.1 Å². The third-order valence-electron chi connectivity index (χ3n) is 3.10. The van der Waals surface area contributed by atoms with Crippen molar-refractivity contribution in [3.8, 4) is 0 Å². The Balaban J connectivity index is 2.28. The lowest BCUT2D eigenvalue weighted by Gasteiger charge is -2.19. The molecule has 4 heteroatoms. The van der Waals surface area contributed by atoms with E-state index in [0.29, 0.717) is 0 Å². The van der Waals surface area contributed by atoms with Crippen LogP contribution < -0.4 is 11.3 Å². The molecule has 1 unspecified atom stereocenters. The number of nitrogens with one attached hydrogen (secondary N) is 1. The molecule has 0 saturated carbocycles. The second-order valence-corrected chi connectivity index (χ2v) is 5.96. The molecule has 0 amide bonds. The highest BCUT2D eigenvalue weighted by atomic mass is 79.9. The van der Waals surface area contributed by atoms with Crippen molar-refractivity contribution < 1.29 is 0 Å². The molecule has 0 aromatic heterocycles. The predicted molar refractivity (Wildman–Crippen MR) is 86.1 cm³/mol. The highest BCUT2D eigenvalue weighted by Gasteiger charge is 2.15. The zero-order valence-corrected chi connectivity index (χ0v) is 13.2. The van der Waals surface area contributed by atoms with E-state index in [4.69, 9.17) is 5.84 Å². The fourth-order valence-corrected chi connectivity index (χ4v) is 3.20. The number of rotatable bonds is 5. The molecule has 0 saturated heterocycles. The van der Waals surface area contributed by atoms with Crippen LogP contribution >= 0.6 is 27.7 Å². The van der Waals surface area contributed by atoms with Gasteiger partial charge in [0.1, 0.15) is 0 Å². The Labute approximate surface area is 126 Å². The van der Waals surface area contributed by atoms with Crippen LogP contribution in [-0.4, -0.2) is 6.26 Å². The molecule has 0 aliphatic rings. The Morgan fingerprint density at radius 3 is 2.53 bits per heavy atom. The lowest BCUT2D eigenvalue weighted by molar-refractivity contribution is 0.543. The average Bonchev–Trinajstić information content (AvgIpc) is 2.46. The van der Waals surface area contributed by atoms with Crippen LogP contribution in [0.25, 0.3) is 0 Å². The Morgan fingerprint density at radius 2 is 1.84 bits per heavy atom. The van der Waals surface area contributed by atoms with Gasteiger partial charge in [0.2, 0.25) is 0 Å². The van der Waals surface area contributed by atoms with Gasteiger partial charge in [-0.05, 0) is 35.9 Å². The second kappa shape index (κ2) is 7.10. The maximum absolute atomic E-state index is 5.75. The molecule has 0 fully saturated rings. The molecule has 1 atom stereocenters. The largest absolute Gasteiger partial charge is 0.271 e. The van der Waals surface area contributed by atoms with E-state index in [2.05, 4.69) is 64.0 Å². The minimum absolute atomic E-state index is 0.113. The number of thioether (sulfide) groups is 1. The Hall–Kier alpha value is -0.810. The number of hydrogen-bond donors (Lipinski definition) is 2. The molecule has 2 aromatic carbocycles. The van der Waals surface area contributed by atoms with Crippen LogP contribution in [0.5, 0.6) is 0 Å². The lowest BCUT2D eigenvalue weighted by atomic mass is 9.99. The number of hydrazine groups is 1. The van der Waals surface area contributed by atoms with E-state index >= 15 is 0 Å². The molecular formula is C15H17BrN2S. The zero-order chi connectivity index (χ0) is 13.7. The second-order valence-electron chi connectivity index (χ2n) is 4.26. The topological polar surface area (TPSA) is 38.0 Å². The lowest BCUT2D eigenvalue weighted by Crippen LogP contribution is -2.30. The van der Waals surface area contributed by atoms with Crippen LogP contribution in [0.15, 0.2) is 57.9 Å². The number of nitrogens with two attached hydrogens (primary N) is 1. The molecule has 2 aromatic rings. The van der Waals surface area contributed by atoms with E-state index in [-0.39, 0.29) is 6.04 Å². The van der Waals surface area contributed by atoms with Gasteiger partial charge >= 0.3 is 0 Å². The minimum Gasteiger partial charge on any atom is -0.271 e. The first-order chi connectivity index (χ1) is 9.26. The molecule has 0 aliphatic carbocycles. The summed E-state index contributed by atoms with van der Waals surface area (Å²) in [7, 11) is 0. The molecule has 0 bridgehead atoms. The van der Waals surface area contributed by atoms with Gasteiger partial charge in [0.25, 0.3) is 0 Å². The molecular weight excluding hydrogens is 320 g/mol. The van der Waals surface area contributed by atoms with Gasteiger partial charge in [0, 0.05) is 9.37 Å². The van der Waals surface area contributed by atoms with Gasteiger partial charge in [0.05, 0.1) is 6.04 Å². The smallest absolute Gasteiger partial charge is 0.0511 e. The molecule has 0 heterocycles. The number of benzene rings is 2. The molecule has 0 spiro atoms. The molecule has 0 aliphatic heterocycles. The van der Waals surface area contributed by atoms with Crippen LogP contribution in [0, 0.1) is 0 Å². The summed E-state index contributed by atoms with van der Waals surface area (Å²) in [6.07, 6.45) is 2.94. The predicted octanol–water partition coefficient (Wildman–Crippen LogP) is 3.92. The van der Waals surface area contributed by atoms with Gasteiger partial charge in [-0.15, -0.1) is 11.8 Å². The summed E-state index contributed by atoms with van der Waals surface area (Å²) in [5, 5.41) is 0. The van der Waals surface area contributed by atoms with Crippen molar-refractivity contribution in [1.82, 2.24) is 5.43 Å². The van der Waals surface area contributed by atoms with E-state index in [0.717, 1.165) is 10.9 Å². The third-order valence-corrected chi connectivity index (χ3v) is 4.68. The number of halogens is 1. The van der Waals surface area contributed by atoms with Crippen molar-refractivity contribution in [2.45, 2.75) is 17.4 Å². The zero-order valence-electron chi connectivity index (χ0n) is 10.8. The van der Waals surface area contributed by atoms with E-state index < -0.39 is 0 Å². The number of hydrogen-bond acceptors (Lipinski definition) is 3. The van der Waals surface area contributed by atoms with Gasteiger partial charge in [-0.3, -0.25) is 11.3 Å². The first-order valence-corrected chi connectivity index (χ1v) is 8.10. The standard InChI is InChI=1S/C15H17BrN2S/c1-19-15-9-5-3-7-12(15)14(18-17)10-11-6-2-4-8-13(11)16/h2-9,14,18H,10,17H2,1H3. The monoisotopic (exact) mass is 336 g/mol. The van der Waals surface area contributed by atoms with Crippen LogP contribution in [-0.2, 0) is 6.42 Å². The van der Waals surface area contributed by atoms with E-state index in [9.17, 15) is 0 Å². The fourth-order valence-electron chi connectivity index (χ4n) is 2.10. The van der Waals surface area contributed by atoms with Crippen molar-refractivity contribution in [3.63, 3.8) is 0 Å². The van der Waals surface area contributed by atoms with Crippen molar-refractivity contribution in [2.24, 2.45) is 5.84 Å². The van der Waals surface area contributed by atoms with E-state index in [1.807, 2.05) is 12.1 Å². The summed E-state index contributed by atoms with van der Waals surface area (Å²) in [6.45, 7) is 0. The van der Waals surface area contributed by atoms with Gasteiger partial charge in [-0.1, -0.05) is 52.3 Å². The van der Waals surface area contributed by atoms with Gasteiger partial charge in [0.15, 0.2) is 0 Å². The Kier molecular flexibility index (Phi) is 5.45. The van der Waals surface area contributed by atoms with Crippen LogP contribution in [0.1, 0.15) is 17.2 Å². The molecule has 3 N–H and O–H groups in total. The summed E-state index contributed by atoms with van der Waals surface area (Å²) in [5.41, 5.74) is 5.43. The van der Waals surface area contributed by atoms with Gasteiger partial charge in [-0.2, -0.15) is 0 Å². The quantitative estimate of drug-likeness (QED) is 0.493. The third kappa shape index (κ3) is 3.60. The maximum Gasteiger partial charge on any atom is 0.0511 e. The summed E-state index contributed by atoms with van der Waals surface area (Å²) in [6, 6.07) is 16.7. The minimum atomic E-state index is 0.113. The van der Waals surface area contributed by atoms with Crippen molar-refractivity contribution in [2.75, 3.05) is 6.26 Å². The van der Waals surface area contributed by atoms with Crippen molar-refractivity contribution in [1.29, 1.82) is 0 Å². The van der Waals surface area contributed by atoms with Gasteiger partial charge in [-0.25, -0.2) is 0 Å². The molecule has 2 rings (SSSR count). The first kappa shape index (κ1) is 14.6. The summed E-state index contributed by atoms with van der Waals surface area (Å²) in [4.78, 5) is 1.26. The molecule has 100 valence electrons. The van der Waals surface area contributed by atoms with Crippen LogP contribution in [0.2, 0.25) is 0 Å². The van der Waals surface area contributed by atoms with Crippen LogP contribution in [0.4, 0.5) is 0 Å². The molecule has 2 nitrogen and oxygen atoms in total. The van der Waals surface area contributed by atoms with Crippen molar-refractivity contribution >= 4 is 27.7 Å². The maximum atomic E-state index is 5.75. The molecule has 19 heavy (non-hydrogen) atoms. The van der Waals surface area contributed by atoms with E-state index in [1.165, 1.54) is 16.0 Å². The van der Waals surface area contributed by atoms with Gasteiger partial charge < -0.3 is 0 Å². The normalized spacial score (nSPS) is 12.4. The Morgan fingerprint density at radius 1 is 1.16 bits per heavy atom. The summed E-state index contributed by atoms with van der Waals surface area (Å²) >= 11 is 5.33.